The summed E-state index contributed by atoms with van der Waals surface area (Å²) in [5.74, 6) is 0.177. The van der Waals surface area contributed by atoms with E-state index in [2.05, 4.69) is 9.72 Å². The zero-order valence-electron chi connectivity index (χ0n) is 8.93. The van der Waals surface area contributed by atoms with Gasteiger partial charge < -0.3 is 9.14 Å². The monoisotopic (exact) mass is 218 g/mol. The summed E-state index contributed by atoms with van der Waals surface area (Å²) in [4.78, 5) is 26.5. The molecule has 2 heterocycles. The Hall–Kier alpha value is -2.17. The molecular formula is C11H10N2O3. The normalized spacial score (nSPS) is 10.4. The summed E-state index contributed by atoms with van der Waals surface area (Å²) < 4.78 is 6.35. The number of aryl methyl sites for hydroxylation is 1. The molecule has 82 valence electrons. The molecule has 0 bridgehead atoms. The van der Waals surface area contributed by atoms with Crippen LogP contribution in [0, 0.1) is 6.92 Å². The van der Waals surface area contributed by atoms with Gasteiger partial charge in [-0.05, 0) is 19.1 Å². The van der Waals surface area contributed by atoms with Gasteiger partial charge in [-0.2, -0.15) is 0 Å². The van der Waals surface area contributed by atoms with E-state index in [0.29, 0.717) is 23.2 Å². The molecule has 0 radical (unpaired) electrons. The number of fused-ring (bicyclic) bond motifs is 1. The smallest absolute Gasteiger partial charge is 0.340 e. The van der Waals surface area contributed by atoms with E-state index < -0.39 is 5.97 Å². The summed E-state index contributed by atoms with van der Waals surface area (Å²) in [5.41, 5.74) is 1.08. The topological polar surface area (TPSA) is 60.7 Å². The lowest BCUT2D eigenvalue weighted by Gasteiger charge is -2.02. The summed E-state index contributed by atoms with van der Waals surface area (Å²) in [7, 11) is 1.30. The van der Waals surface area contributed by atoms with Crippen LogP contribution < -0.4 is 0 Å². The highest BCUT2D eigenvalue weighted by Crippen LogP contribution is 2.17. The number of aromatic nitrogens is 2. The first-order valence-corrected chi connectivity index (χ1v) is 4.70. The second-order valence-electron chi connectivity index (χ2n) is 3.29. The molecule has 0 aromatic carbocycles. The second-order valence-corrected chi connectivity index (χ2v) is 3.29. The van der Waals surface area contributed by atoms with Gasteiger partial charge in [0.05, 0.1) is 18.2 Å². The van der Waals surface area contributed by atoms with Gasteiger partial charge in [0.1, 0.15) is 11.5 Å². The lowest BCUT2D eigenvalue weighted by molar-refractivity contribution is 0.0602. The maximum atomic E-state index is 11.5. The molecule has 0 saturated carbocycles. The van der Waals surface area contributed by atoms with Crippen LogP contribution in [0.5, 0.6) is 0 Å². The number of nitrogens with zero attached hydrogens (tertiary/aromatic N) is 2. The molecule has 0 fully saturated rings. The number of hydrogen-bond donors (Lipinski definition) is 0. The van der Waals surface area contributed by atoms with Crippen LogP contribution in [0.2, 0.25) is 0 Å². The van der Waals surface area contributed by atoms with E-state index in [1.165, 1.54) is 7.11 Å². The van der Waals surface area contributed by atoms with Gasteiger partial charge in [-0.15, -0.1) is 0 Å². The minimum absolute atomic E-state index is 0.249. The molecule has 5 nitrogen and oxygen atoms in total. The molecule has 16 heavy (non-hydrogen) atoms. The molecule has 0 atom stereocenters. The molecule has 2 rings (SSSR count). The number of imidazole rings is 1. The van der Waals surface area contributed by atoms with E-state index >= 15 is 0 Å². The van der Waals surface area contributed by atoms with Gasteiger partial charge in [0.2, 0.25) is 0 Å². The van der Waals surface area contributed by atoms with Gasteiger partial charge in [0.25, 0.3) is 0 Å². The Kier molecular flexibility index (Phi) is 2.44. The summed E-state index contributed by atoms with van der Waals surface area (Å²) in [6.45, 7) is 1.76. The molecule has 0 unspecified atom stereocenters. The molecule has 0 saturated heterocycles. The van der Waals surface area contributed by atoms with Crippen molar-refractivity contribution in [2.24, 2.45) is 0 Å². The number of esters is 1. The summed E-state index contributed by atoms with van der Waals surface area (Å²) in [6.07, 6.45) is 2.38. The van der Waals surface area contributed by atoms with Crippen LogP contribution in [0.15, 0.2) is 18.3 Å². The summed E-state index contributed by atoms with van der Waals surface area (Å²) >= 11 is 0. The fourth-order valence-corrected chi connectivity index (χ4v) is 1.68. The van der Waals surface area contributed by atoms with Crippen LogP contribution in [-0.4, -0.2) is 28.7 Å². The lowest BCUT2D eigenvalue weighted by atomic mass is 10.2. The second kappa shape index (κ2) is 3.77. The van der Waals surface area contributed by atoms with Crippen LogP contribution in [-0.2, 0) is 4.74 Å². The van der Waals surface area contributed by atoms with Crippen LogP contribution in [0.1, 0.15) is 26.7 Å². The van der Waals surface area contributed by atoms with Gasteiger partial charge in [-0.3, -0.25) is 4.79 Å². The largest absolute Gasteiger partial charge is 0.465 e. The Morgan fingerprint density at radius 2 is 2.31 bits per heavy atom. The minimum Gasteiger partial charge on any atom is -0.465 e. The van der Waals surface area contributed by atoms with Crippen molar-refractivity contribution in [2.75, 3.05) is 7.11 Å². The van der Waals surface area contributed by atoms with Gasteiger partial charge in [-0.25, -0.2) is 9.78 Å². The standard InChI is InChI=1S/C11H10N2O3/c1-7-12-9(6-14)10-8(11(15)16-2)4-3-5-13(7)10/h3-6H,1-2H3. The molecule has 0 aliphatic rings. The minimum atomic E-state index is -0.478. The van der Waals surface area contributed by atoms with Crippen molar-refractivity contribution < 1.29 is 14.3 Å². The van der Waals surface area contributed by atoms with Crippen molar-refractivity contribution in [3.63, 3.8) is 0 Å². The molecule has 0 aliphatic carbocycles. The maximum absolute atomic E-state index is 11.5. The molecule has 2 aromatic rings. The molecule has 0 N–H and O–H groups in total. The molecule has 0 amide bonds. The fraction of sp³-hybridized carbons (Fsp3) is 0.182. The lowest BCUT2D eigenvalue weighted by Crippen LogP contribution is -2.04. The number of carbonyl (C=O) groups is 2. The van der Waals surface area contributed by atoms with Crippen LogP contribution in [0.4, 0.5) is 0 Å². The quantitative estimate of drug-likeness (QED) is 0.562. The van der Waals surface area contributed by atoms with E-state index in [0.717, 1.165) is 0 Å². The Morgan fingerprint density at radius 1 is 1.56 bits per heavy atom. The Balaban J connectivity index is 2.84. The predicted molar refractivity (Wildman–Crippen MR) is 56.7 cm³/mol. The van der Waals surface area contributed by atoms with Crippen molar-refractivity contribution in [3.8, 4) is 0 Å². The molecular weight excluding hydrogens is 208 g/mol. The van der Waals surface area contributed by atoms with Gasteiger partial charge in [0.15, 0.2) is 6.29 Å². The maximum Gasteiger partial charge on any atom is 0.340 e. The number of hydrogen-bond acceptors (Lipinski definition) is 4. The van der Waals surface area contributed by atoms with Crippen LogP contribution >= 0.6 is 0 Å². The third kappa shape index (κ3) is 1.37. The van der Waals surface area contributed by atoms with Crippen molar-refractivity contribution in [2.45, 2.75) is 6.92 Å². The Bertz CT molecular complexity index is 572. The number of rotatable bonds is 2. The molecule has 2 aromatic heterocycles. The number of methoxy groups -OCH3 is 1. The van der Waals surface area contributed by atoms with Gasteiger partial charge >= 0.3 is 5.97 Å². The number of aldehydes is 1. The van der Waals surface area contributed by atoms with Crippen molar-refractivity contribution >= 4 is 17.8 Å². The van der Waals surface area contributed by atoms with E-state index in [-0.39, 0.29) is 5.69 Å². The average Bonchev–Trinajstić information content (AvgIpc) is 2.65. The van der Waals surface area contributed by atoms with E-state index in [1.807, 2.05) is 0 Å². The zero-order chi connectivity index (χ0) is 11.7. The molecule has 0 spiro atoms. The molecule has 0 aliphatic heterocycles. The van der Waals surface area contributed by atoms with Gasteiger partial charge in [-0.1, -0.05) is 0 Å². The highest BCUT2D eigenvalue weighted by Gasteiger charge is 2.16. The third-order valence-corrected chi connectivity index (χ3v) is 2.38. The van der Waals surface area contributed by atoms with Crippen molar-refractivity contribution in [3.05, 3.63) is 35.4 Å². The van der Waals surface area contributed by atoms with Crippen molar-refractivity contribution in [1.29, 1.82) is 0 Å². The van der Waals surface area contributed by atoms with E-state index in [9.17, 15) is 9.59 Å². The predicted octanol–water partition coefficient (Wildman–Crippen LogP) is 1.24. The Morgan fingerprint density at radius 3 is 2.94 bits per heavy atom. The third-order valence-electron chi connectivity index (χ3n) is 2.38. The van der Waals surface area contributed by atoms with Crippen LogP contribution in [0.25, 0.3) is 5.52 Å². The highest BCUT2D eigenvalue weighted by molar-refractivity contribution is 6.01. The molecule has 5 heteroatoms. The number of carbonyl (C=O) groups excluding carboxylic acids is 2. The Labute approximate surface area is 91.7 Å². The van der Waals surface area contributed by atoms with E-state index in [1.54, 1.807) is 29.7 Å². The highest BCUT2D eigenvalue weighted by atomic mass is 16.5. The average molecular weight is 218 g/mol. The zero-order valence-corrected chi connectivity index (χ0v) is 8.93. The van der Waals surface area contributed by atoms with Crippen molar-refractivity contribution in [1.82, 2.24) is 9.38 Å². The van der Waals surface area contributed by atoms with Crippen LogP contribution in [0.3, 0.4) is 0 Å². The first kappa shape index (κ1) is 10.4. The first-order chi connectivity index (χ1) is 7.69. The number of pyridine rings is 1. The first-order valence-electron chi connectivity index (χ1n) is 4.70. The van der Waals surface area contributed by atoms with E-state index in [4.69, 9.17) is 0 Å². The van der Waals surface area contributed by atoms with Gasteiger partial charge in [0, 0.05) is 6.20 Å². The summed E-state index contributed by atoms with van der Waals surface area (Å²) in [6, 6.07) is 3.32. The SMILES string of the molecule is COC(=O)c1cccn2c(C)nc(C=O)c12. The number of ether oxygens (including phenoxy) is 1. The summed E-state index contributed by atoms with van der Waals surface area (Å²) in [5, 5.41) is 0. The fourth-order valence-electron chi connectivity index (χ4n) is 1.68.